The molecule has 3 aromatic rings. The summed E-state index contributed by atoms with van der Waals surface area (Å²) in [6, 6.07) is 8.64. The fourth-order valence-corrected chi connectivity index (χ4v) is 3.03. The van der Waals surface area contributed by atoms with Crippen LogP contribution in [-0.4, -0.2) is 26.7 Å². The Morgan fingerprint density at radius 1 is 1.33 bits per heavy atom. The summed E-state index contributed by atoms with van der Waals surface area (Å²) in [6.07, 6.45) is 7.06. The Kier molecular flexibility index (Phi) is 4.86. The van der Waals surface area contributed by atoms with Crippen molar-refractivity contribution in [3.05, 3.63) is 69.3 Å². The van der Waals surface area contributed by atoms with Crippen molar-refractivity contribution in [2.75, 3.05) is 11.6 Å². The van der Waals surface area contributed by atoms with Crippen molar-refractivity contribution in [2.45, 2.75) is 5.16 Å². The van der Waals surface area contributed by atoms with Gasteiger partial charge in [0.25, 0.3) is 11.5 Å². The van der Waals surface area contributed by atoms with Crippen molar-refractivity contribution in [1.82, 2.24) is 14.5 Å². The lowest BCUT2D eigenvalue weighted by Gasteiger charge is -2.08. The number of carbonyl (C=O) groups excluding carboxylic acids is 1. The van der Waals surface area contributed by atoms with E-state index < -0.39 is 0 Å². The number of benzene rings is 1. The highest BCUT2D eigenvalue weighted by atomic mass is 79.9. The van der Waals surface area contributed by atoms with Crippen molar-refractivity contribution in [1.29, 1.82) is 0 Å². The number of aromatic amines is 1. The quantitative estimate of drug-likeness (QED) is 0.653. The predicted molar refractivity (Wildman–Crippen MR) is 98.1 cm³/mol. The number of hydrogen-bond acceptors (Lipinski definition) is 4. The van der Waals surface area contributed by atoms with Crippen LogP contribution in [0.1, 0.15) is 10.4 Å². The Labute approximate surface area is 150 Å². The number of anilines is 1. The van der Waals surface area contributed by atoms with E-state index in [9.17, 15) is 9.59 Å². The molecule has 2 N–H and O–H groups in total. The van der Waals surface area contributed by atoms with Gasteiger partial charge in [0.05, 0.1) is 0 Å². The summed E-state index contributed by atoms with van der Waals surface area (Å²) in [5.41, 5.74) is 1.21. The van der Waals surface area contributed by atoms with E-state index in [0.717, 1.165) is 10.8 Å². The molecule has 0 aliphatic heterocycles. The molecule has 6 nitrogen and oxygen atoms in total. The van der Waals surface area contributed by atoms with Crippen LogP contribution in [0.3, 0.4) is 0 Å². The molecule has 122 valence electrons. The normalized spacial score (nSPS) is 10.6. The lowest BCUT2D eigenvalue weighted by atomic mass is 10.2. The second-order valence-electron chi connectivity index (χ2n) is 4.85. The van der Waals surface area contributed by atoms with Gasteiger partial charge in [0.15, 0.2) is 5.16 Å². The maximum Gasteiger partial charge on any atom is 0.271 e. The number of rotatable bonds is 4. The first-order valence-corrected chi connectivity index (χ1v) is 8.97. The Morgan fingerprint density at radius 3 is 2.79 bits per heavy atom. The van der Waals surface area contributed by atoms with Crippen LogP contribution in [-0.2, 0) is 0 Å². The minimum Gasteiger partial charge on any atom is -0.326 e. The minimum atomic E-state index is -0.355. The molecule has 0 aliphatic carbocycles. The zero-order chi connectivity index (χ0) is 17.1. The number of carbonyl (C=O) groups is 1. The highest BCUT2D eigenvalue weighted by molar-refractivity contribution is 9.10. The second kappa shape index (κ2) is 7.06. The molecule has 24 heavy (non-hydrogen) atoms. The zero-order valence-corrected chi connectivity index (χ0v) is 15.0. The van der Waals surface area contributed by atoms with Gasteiger partial charge in [-0.25, -0.2) is 4.98 Å². The van der Waals surface area contributed by atoms with Gasteiger partial charge in [-0.1, -0.05) is 11.8 Å². The Hall–Kier alpha value is -2.32. The van der Waals surface area contributed by atoms with Gasteiger partial charge in [-0.15, -0.1) is 0 Å². The number of halogens is 1. The van der Waals surface area contributed by atoms with Crippen molar-refractivity contribution in [2.24, 2.45) is 0 Å². The molecule has 0 saturated heterocycles. The molecule has 1 amide bonds. The molecule has 1 aromatic carbocycles. The smallest absolute Gasteiger partial charge is 0.271 e. The SMILES string of the molecule is CSc1nccn1-c1ccc(C(=O)Nc2cc(Br)c[nH]c2=O)cc1. The van der Waals surface area contributed by atoms with Crippen LogP contribution < -0.4 is 10.9 Å². The van der Waals surface area contributed by atoms with Crippen LogP contribution in [0.2, 0.25) is 0 Å². The lowest BCUT2D eigenvalue weighted by Crippen LogP contribution is -2.19. The van der Waals surface area contributed by atoms with Crippen molar-refractivity contribution in [3.63, 3.8) is 0 Å². The fourth-order valence-electron chi connectivity index (χ4n) is 2.16. The molecule has 0 radical (unpaired) electrons. The van der Waals surface area contributed by atoms with E-state index in [2.05, 4.69) is 31.2 Å². The number of imidazole rings is 1. The Balaban J connectivity index is 1.81. The average Bonchev–Trinajstić information content (AvgIpc) is 3.07. The standard InChI is InChI=1S/C16H13BrN4O2S/c1-24-16-18-6-7-21(16)12-4-2-10(3-5-12)14(22)20-13-8-11(17)9-19-15(13)23/h2-9H,1H3,(H,19,23)(H,20,22). The molecule has 2 aromatic heterocycles. The summed E-state index contributed by atoms with van der Waals surface area (Å²) in [7, 11) is 0. The third-order valence-electron chi connectivity index (χ3n) is 3.31. The van der Waals surface area contributed by atoms with E-state index in [0.29, 0.717) is 10.0 Å². The van der Waals surface area contributed by atoms with Crippen LogP contribution in [0.5, 0.6) is 0 Å². The maximum absolute atomic E-state index is 12.3. The third kappa shape index (κ3) is 3.44. The van der Waals surface area contributed by atoms with Gasteiger partial charge < -0.3 is 10.3 Å². The minimum absolute atomic E-state index is 0.192. The van der Waals surface area contributed by atoms with E-state index in [-0.39, 0.29) is 17.2 Å². The van der Waals surface area contributed by atoms with Crippen LogP contribution in [0.25, 0.3) is 5.69 Å². The molecule has 0 aliphatic rings. The highest BCUT2D eigenvalue weighted by Gasteiger charge is 2.10. The molecule has 0 unspecified atom stereocenters. The number of pyridine rings is 1. The third-order valence-corrected chi connectivity index (χ3v) is 4.44. The Morgan fingerprint density at radius 2 is 2.08 bits per heavy atom. The molecule has 0 atom stereocenters. The molecular formula is C16H13BrN4O2S. The molecule has 2 heterocycles. The summed E-state index contributed by atoms with van der Waals surface area (Å²) in [5, 5.41) is 3.48. The molecule has 0 fully saturated rings. The van der Waals surface area contributed by atoms with Crippen molar-refractivity contribution < 1.29 is 4.79 Å². The van der Waals surface area contributed by atoms with E-state index in [4.69, 9.17) is 0 Å². The van der Waals surface area contributed by atoms with Crippen LogP contribution in [0.15, 0.2) is 63.3 Å². The predicted octanol–water partition coefficient (Wildman–Crippen LogP) is 3.30. The first-order valence-electron chi connectivity index (χ1n) is 6.96. The van der Waals surface area contributed by atoms with Crippen LogP contribution >= 0.6 is 27.7 Å². The molecule has 0 spiro atoms. The number of H-pyrrole nitrogens is 1. The summed E-state index contributed by atoms with van der Waals surface area (Å²) in [4.78, 5) is 30.8. The monoisotopic (exact) mass is 404 g/mol. The van der Waals surface area contributed by atoms with Gasteiger partial charge in [0, 0.05) is 34.3 Å². The summed E-state index contributed by atoms with van der Waals surface area (Å²) in [5.74, 6) is -0.346. The molecule has 3 rings (SSSR count). The average molecular weight is 405 g/mol. The van der Waals surface area contributed by atoms with E-state index in [1.807, 2.05) is 29.2 Å². The van der Waals surface area contributed by atoms with Crippen LogP contribution in [0, 0.1) is 0 Å². The lowest BCUT2D eigenvalue weighted by molar-refractivity contribution is 0.102. The van der Waals surface area contributed by atoms with Gasteiger partial charge in [-0.3, -0.25) is 14.2 Å². The molecular weight excluding hydrogens is 392 g/mol. The first-order chi connectivity index (χ1) is 11.6. The van der Waals surface area contributed by atoms with Gasteiger partial charge in [0.2, 0.25) is 0 Å². The number of nitrogens with one attached hydrogen (secondary N) is 2. The topological polar surface area (TPSA) is 79.8 Å². The van der Waals surface area contributed by atoms with Gasteiger partial charge in [-0.2, -0.15) is 0 Å². The number of amides is 1. The molecule has 0 bridgehead atoms. The maximum atomic E-state index is 12.3. The largest absolute Gasteiger partial charge is 0.326 e. The van der Waals surface area contributed by atoms with Gasteiger partial charge >= 0.3 is 0 Å². The number of hydrogen-bond donors (Lipinski definition) is 2. The second-order valence-corrected chi connectivity index (χ2v) is 6.53. The number of thioether (sulfide) groups is 1. The fraction of sp³-hybridized carbons (Fsp3) is 0.0625. The summed E-state index contributed by atoms with van der Waals surface area (Å²) >= 11 is 4.80. The highest BCUT2D eigenvalue weighted by Crippen LogP contribution is 2.19. The summed E-state index contributed by atoms with van der Waals surface area (Å²) < 4.78 is 2.61. The van der Waals surface area contributed by atoms with E-state index in [1.165, 1.54) is 6.20 Å². The van der Waals surface area contributed by atoms with E-state index in [1.54, 1.807) is 36.2 Å². The Bertz CT molecular complexity index is 934. The van der Waals surface area contributed by atoms with Crippen LogP contribution in [0.4, 0.5) is 5.69 Å². The number of nitrogens with zero attached hydrogens (tertiary/aromatic N) is 2. The molecule has 8 heteroatoms. The van der Waals surface area contributed by atoms with Crippen molar-refractivity contribution in [3.8, 4) is 5.69 Å². The van der Waals surface area contributed by atoms with Gasteiger partial charge in [-0.05, 0) is 52.5 Å². The first kappa shape index (κ1) is 16.5. The summed E-state index contributed by atoms with van der Waals surface area (Å²) in [6.45, 7) is 0. The van der Waals surface area contributed by atoms with Gasteiger partial charge in [0.1, 0.15) is 5.69 Å². The van der Waals surface area contributed by atoms with Crippen molar-refractivity contribution >= 4 is 39.3 Å². The molecule has 0 saturated carbocycles. The zero-order valence-electron chi connectivity index (χ0n) is 12.6. The van der Waals surface area contributed by atoms with E-state index >= 15 is 0 Å². The number of aromatic nitrogens is 3.